The summed E-state index contributed by atoms with van der Waals surface area (Å²) in [5.41, 5.74) is 2.22. The molecule has 24 heavy (non-hydrogen) atoms. The second-order valence-electron chi connectivity index (χ2n) is 6.03. The van der Waals surface area contributed by atoms with Crippen molar-refractivity contribution in [1.82, 2.24) is 0 Å². The van der Waals surface area contributed by atoms with Crippen molar-refractivity contribution in [3.63, 3.8) is 0 Å². The third kappa shape index (κ3) is 6.43. The first-order valence-corrected chi connectivity index (χ1v) is 7.75. The highest BCUT2D eigenvalue weighted by Gasteiger charge is 2.36. The molecule has 0 aromatic heterocycles. The Morgan fingerprint density at radius 1 is 1.25 bits per heavy atom. The molecule has 1 rings (SSSR count). The summed E-state index contributed by atoms with van der Waals surface area (Å²) in [6.45, 7) is 10.4. The van der Waals surface area contributed by atoms with Crippen LogP contribution >= 0.6 is 0 Å². The molecule has 0 unspecified atom stereocenters. The molecule has 0 heterocycles. The third-order valence-corrected chi connectivity index (χ3v) is 3.52. The number of hydrogen-bond acceptors (Lipinski definition) is 5. The molecule has 0 aliphatic heterocycles. The van der Waals surface area contributed by atoms with E-state index in [1.54, 1.807) is 6.08 Å². The smallest absolute Gasteiger partial charge is 0.307 e. The van der Waals surface area contributed by atoms with Crippen LogP contribution in [0.5, 0.6) is 0 Å². The average molecular weight is 332 g/mol. The number of ether oxygens (including phenoxy) is 2. The van der Waals surface area contributed by atoms with E-state index in [-0.39, 0.29) is 12.3 Å². The summed E-state index contributed by atoms with van der Waals surface area (Å²) in [4.78, 5) is 22.3. The van der Waals surface area contributed by atoms with Crippen molar-refractivity contribution in [3.05, 3.63) is 35.6 Å². The molecule has 0 bridgehead atoms. The van der Waals surface area contributed by atoms with Gasteiger partial charge in [0.2, 0.25) is 0 Å². The van der Waals surface area contributed by atoms with Crippen LogP contribution in [0.4, 0.5) is 0 Å². The van der Waals surface area contributed by atoms with E-state index < -0.39 is 24.1 Å². The maximum Gasteiger partial charge on any atom is 0.307 e. The zero-order valence-electron chi connectivity index (χ0n) is 14.6. The molecule has 0 aromatic rings. The molecule has 0 radical (unpaired) electrons. The molecule has 1 aliphatic rings. The van der Waals surface area contributed by atoms with Crippen LogP contribution in [0.3, 0.4) is 0 Å². The fourth-order valence-corrected chi connectivity index (χ4v) is 2.40. The molecule has 1 N–H and O–H groups in total. The van der Waals surface area contributed by atoms with Gasteiger partial charge in [-0.1, -0.05) is 24.0 Å². The van der Waals surface area contributed by atoms with Gasteiger partial charge in [0, 0.05) is 37.3 Å². The minimum absolute atomic E-state index is 0.221. The highest BCUT2D eigenvalue weighted by molar-refractivity contribution is 5.67. The fraction of sp³-hybridized carbons (Fsp3) is 0.474. The van der Waals surface area contributed by atoms with Gasteiger partial charge in [-0.2, -0.15) is 0 Å². The number of allylic oxidation sites excluding steroid dienone is 2. The average Bonchev–Trinajstić information content (AvgIpc) is 2.45. The van der Waals surface area contributed by atoms with Crippen LogP contribution in [-0.4, -0.2) is 29.3 Å². The number of rotatable bonds is 3. The Labute approximate surface area is 143 Å². The Bertz CT molecular complexity index is 626. The minimum atomic E-state index is -0.730. The van der Waals surface area contributed by atoms with Gasteiger partial charge >= 0.3 is 11.9 Å². The molecule has 5 nitrogen and oxygen atoms in total. The maximum absolute atomic E-state index is 11.3. The predicted molar refractivity (Wildman–Crippen MR) is 90.5 cm³/mol. The molecular weight excluding hydrogens is 308 g/mol. The lowest BCUT2D eigenvalue weighted by Crippen LogP contribution is -2.36. The quantitative estimate of drug-likeness (QED) is 0.489. The zero-order chi connectivity index (χ0) is 18.3. The lowest BCUT2D eigenvalue weighted by atomic mass is 9.78. The molecule has 130 valence electrons. The lowest BCUT2D eigenvalue weighted by molar-refractivity contribution is -0.146. The Morgan fingerprint density at radius 3 is 2.46 bits per heavy atom. The van der Waals surface area contributed by atoms with Crippen molar-refractivity contribution in [2.75, 3.05) is 0 Å². The van der Waals surface area contributed by atoms with Gasteiger partial charge in [-0.05, 0) is 26.3 Å². The van der Waals surface area contributed by atoms with E-state index in [0.717, 1.165) is 5.57 Å². The molecule has 0 aromatic carbocycles. The molecule has 0 saturated heterocycles. The van der Waals surface area contributed by atoms with Crippen LogP contribution in [0.1, 0.15) is 40.5 Å². The van der Waals surface area contributed by atoms with E-state index in [1.807, 2.05) is 13.8 Å². The fourth-order valence-electron chi connectivity index (χ4n) is 2.40. The molecule has 0 amide bonds. The monoisotopic (exact) mass is 332 g/mol. The number of carbonyl (C=O) groups excluding carboxylic acids is 2. The maximum atomic E-state index is 11.3. The predicted octanol–water partition coefficient (Wildman–Crippen LogP) is 2.66. The molecule has 0 spiro atoms. The highest BCUT2D eigenvalue weighted by atomic mass is 16.5. The van der Waals surface area contributed by atoms with Crippen molar-refractivity contribution in [2.24, 2.45) is 5.92 Å². The SMILES string of the molecule is C=C(C#CC=C(C)C)[C@H]1C[C@H](OC(C)=O)/C(=C\OC(C)=O)C[C@H]1O. The Balaban J connectivity index is 2.95. The first kappa shape index (κ1) is 19.7. The molecule has 1 aliphatic carbocycles. The van der Waals surface area contributed by atoms with Gasteiger partial charge in [0.1, 0.15) is 6.10 Å². The summed E-state index contributed by atoms with van der Waals surface area (Å²) in [5.74, 6) is 4.59. The molecular formula is C19H24O5. The van der Waals surface area contributed by atoms with Gasteiger partial charge in [0.15, 0.2) is 0 Å². The molecule has 3 atom stereocenters. The normalized spacial score (nSPS) is 24.4. The number of carbonyl (C=O) groups is 2. The summed E-state index contributed by atoms with van der Waals surface area (Å²) >= 11 is 0. The summed E-state index contributed by atoms with van der Waals surface area (Å²) in [6.07, 6.45) is 2.29. The minimum Gasteiger partial charge on any atom is -0.458 e. The van der Waals surface area contributed by atoms with Gasteiger partial charge in [0.25, 0.3) is 0 Å². The first-order chi connectivity index (χ1) is 11.2. The second-order valence-corrected chi connectivity index (χ2v) is 6.03. The topological polar surface area (TPSA) is 72.8 Å². The van der Waals surface area contributed by atoms with E-state index in [2.05, 4.69) is 18.4 Å². The van der Waals surface area contributed by atoms with Crippen LogP contribution in [0.2, 0.25) is 0 Å². The van der Waals surface area contributed by atoms with Crippen molar-refractivity contribution < 1.29 is 24.2 Å². The summed E-state index contributed by atoms with van der Waals surface area (Å²) in [5, 5.41) is 10.4. The first-order valence-electron chi connectivity index (χ1n) is 7.75. The van der Waals surface area contributed by atoms with Crippen molar-refractivity contribution in [2.45, 2.75) is 52.7 Å². The Kier molecular flexibility index (Phi) is 7.47. The van der Waals surface area contributed by atoms with Crippen LogP contribution in [0, 0.1) is 17.8 Å². The van der Waals surface area contributed by atoms with Gasteiger partial charge in [-0.25, -0.2) is 0 Å². The van der Waals surface area contributed by atoms with Crippen molar-refractivity contribution >= 4 is 11.9 Å². The standard InChI is InChI=1S/C19H24O5/c1-12(2)7-6-8-13(3)17-10-19(24-15(5)21)16(9-18(17)22)11-23-14(4)20/h7,11,17-19,22H,3,9-10H2,1-2,4-5H3/b16-11-/t17-,18-,19+/m1/s1. The van der Waals surface area contributed by atoms with Crippen molar-refractivity contribution in [1.29, 1.82) is 0 Å². The highest BCUT2D eigenvalue weighted by Crippen LogP contribution is 2.34. The molecule has 5 heteroatoms. The number of aliphatic hydroxyl groups excluding tert-OH is 1. The summed E-state index contributed by atoms with van der Waals surface area (Å²) in [6, 6.07) is 0. The van der Waals surface area contributed by atoms with Gasteiger partial charge < -0.3 is 14.6 Å². The van der Waals surface area contributed by atoms with Gasteiger partial charge in [-0.15, -0.1) is 0 Å². The van der Waals surface area contributed by atoms with E-state index in [9.17, 15) is 14.7 Å². The molecule has 1 saturated carbocycles. The van der Waals surface area contributed by atoms with Crippen LogP contribution in [0.25, 0.3) is 0 Å². The second kappa shape index (κ2) is 9.09. The largest absolute Gasteiger partial charge is 0.458 e. The number of esters is 2. The van der Waals surface area contributed by atoms with E-state index >= 15 is 0 Å². The summed E-state index contributed by atoms with van der Waals surface area (Å²) < 4.78 is 10.2. The number of hydrogen-bond donors (Lipinski definition) is 1. The number of aliphatic hydroxyl groups is 1. The zero-order valence-corrected chi connectivity index (χ0v) is 14.6. The lowest BCUT2D eigenvalue weighted by Gasteiger charge is -2.34. The van der Waals surface area contributed by atoms with Crippen molar-refractivity contribution in [3.8, 4) is 11.8 Å². The van der Waals surface area contributed by atoms with Crippen LogP contribution < -0.4 is 0 Å². The van der Waals surface area contributed by atoms with Crippen LogP contribution in [-0.2, 0) is 19.1 Å². The van der Waals surface area contributed by atoms with Gasteiger partial charge in [-0.3, -0.25) is 9.59 Å². The Hall–Kier alpha value is -2.32. The summed E-state index contributed by atoms with van der Waals surface area (Å²) in [7, 11) is 0. The van der Waals surface area contributed by atoms with E-state index in [1.165, 1.54) is 20.1 Å². The molecule has 1 fully saturated rings. The van der Waals surface area contributed by atoms with Gasteiger partial charge in [0.05, 0.1) is 12.4 Å². The Morgan fingerprint density at radius 2 is 1.92 bits per heavy atom. The van der Waals surface area contributed by atoms with E-state index in [0.29, 0.717) is 17.6 Å². The third-order valence-electron chi connectivity index (χ3n) is 3.52. The van der Waals surface area contributed by atoms with Crippen LogP contribution in [0.15, 0.2) is 35.6 Å². The van der Waals surface area contributed by atoms with E-state index in [4.69, 9.17) is 9.47 Å².